The maximum Gasteiger partial charge on any atom is 0.0933 e. The maximum absolute atomic E-state index is 5.60. The van der Waals surface area contributed by atoms with Crippen LogP contribution in [0, 0.1) is 0 Å². The Labute approximate surface area is 122 Å². The summed E-state index contributed by atoms with van der Waals surface area (Å²) in [4.78, 5) is 2.35. The van der Waals surface area contributed by atoms with Crippen molar-refractivity contribution in [3.63, 3.8) is 0 Å². The van der Waals surface area contributed by atoms with Crippen LogP contribution < -0.4 is 10.2 Å². The lowest BCUT2D eigenvalue weighted by atomic mass is 10.2. The van der Waals surface area contributed by atoms with E-state index in [1.807, 2.05) is 0 Å². The highest BCUT2D eigenvalue weighted by Gasteiger charge is 2.13. The monoisotopic (exact) mass is 278 g/mol. The van der Waals surface area contributed by atoms with E-state index in [4.69, 9.17) is 9.47 Å². The number of hydrogen-bond donors (Lipinski definition) is 1. The topological polar surface area (TPSA) is 33.7 Å². The van der Waals surface area contributed by atoms with Gasteiger partial charge in [-0.05, 0) is 31.5 Å². The Hall–Kier alpha value is -1.10. The standard InChI is InChI=1S/C16H26N2O2/c1-3-18(4-2)15-7-5-14(6-8-15)11-17-12-16-13-19-9-10-20-16/h5-8,16-17H,3-4,9-13H2,1-2H3. The first-order valence-corrected chi connectivity index (χ1v) is 7.57. The van der Waals surface area contributed by atoms with Gasteiger partial charge < -0.3 is 19.7 Å². The number of benzene rings is 1. The average Bonchev–Trinajstić information content (AvgIpc) is 2.51. The van der Waals surface area contributed by atoms with E-state index in [1.54, 1.807) is 0 Å². The van der Waals surface area contributed by atoms with Crippen molar-refractivity contribution >= 4 is 5.69 Å². The molecule has 0 radical (unpaired) electrons. The van der Waals surface area contributed by atoms with E-state index in [1.165, 1.54) is 11.3 Å². The zero-order chi connectivity index (χ0) is 14.2. The van der Waals surface area contributed by atoms with Crippen molar-refractivity contribution in [1.29, 1.82) is 0 Å². The minimum absolute atomic E-state index is 0.193. The number of rotatable bonds is 7. The fourth-order valence-corrected chi connectivity index (χ4v) is 2.45. The molecule has 1 aliphatic heterocycles. The van der Waals surface area contributed by atoms with Gasteiger partial charge in [0.15, 0.2) is 0 Å². The molecule has 1 saturated heterocycles. The summed E-state index contributed by atoms with van der Waals surface area (Å²) in [5, 5.41) is 3.43. The Morgan fingerprint density at radius 3 is 2.50 bits per heavy atom. The molecule has 1 atom stereocenters. The van der Waals surface area contributed by atoms with Crippen LogP contribution in [0.15, 0.2) is 24.3 Å². The molecular weight excluding hydrogens is 252 g/mol. The summed E-state index contributed by atoms with van der Waals surface area (Å²) in [7, 11) is 0. The number of anilines is 1. The van der Waals surface area contributed by atoms with E-state index >= 15 is 0 Å². The largest absolute Gasteiger partial charge is 0.376 e. The van der Waals surface area contributed by atoms with Crippen molar-refractivity contribution in [2.45, 2.75) is 26.5 Å². The summed E-state index contributed by atoms with van der Waals surface area (Å²) in [5.41, 5.74) is 2.60. The van der Waals surface area contributed by atoms with E-state index in [9.17, 15) is 0 Å². The van der Waals surface area contributed by atoms with Gasteiger partial charge in [0, 0.05) is 31.9 Å². The maximum atomic E-state index is 5.60. The summed E-state index contributed by atoms with van der Waals surface area (Å²) >= 11 is 0. The average molecular weight is 278 g/mol. The van der Waals surface area contributed by atoms with Gasteiger partial charge in [0.2, 0.25) is 0 Å². The Bertz CT molecular complexity index is 371. The molecule has 4 heteroatoms. The van der Waals surface area contributed by atoms with Crippen LogP contribution in [0.2, 0.25) is 0 Å². The lowest BCUT2D eigenvalue weighted by molar-refractivity contribution is -0.0864. The molecule has 0 amide bonds. The second kappa shape index (κ2) is 8.25. The molecule has 1 N–H and O–H groups in total. The van der Waals surface area contributed by atoms with E-state index in [0.717, 1.165) is 32.8 Å². The third-order valence-corrected chi connectivity index (χ3v) is 3.65. The fraction of sp³-hybridized carbons (Fsp3) is 0.625. The van der Waals surface area contributed by atoms with E-state index in [2.05, 4.69) is 48.3 Å². The van der Waals surface area contributed by atoms with Crippen molar-refractivity contribution in [3.8, 4) is 0 Å². The van der Waals surface area contributed by atoms with Crippen molar-refractivity contribution in [3.05, 3.63) is 29.8 Å². The van der Waals surface area contributed by atoms with Gasteiger partial charge in [-0.1, -0.05) is 12.1 Å². The minimum atomic E-state index is 0.193. The van der Waals surface area contributed by atoms with Gasteiger partial charge in [-0.15, -0.1) is 0 Å². The van der Waals surface area contributed by atoms with E-state index in [0.29, 0.717) is 13.2 Å². The molecule has 1 aromatic carbocycles. The molecule has 2 rings (SSSR count). The first kappa shape index (κ1) is 15.3. The fourth-order valence-electron chi connectivity index (χ4n) is 2.45. The third-order valence-electron chi connectivity index (χ3n) is 3.65. The highest BCUT2D eigenvalue weighted by molar-refractivity contribution is 5.47. The molecule has 1 fully saturated rings. The van der Waals surface area contributed by atoms with Crippen LogP contribution in [0.3, 0.4) is 0 Å². The van der Waals surface area contributed by atoms with Crippen LogP contribution >= 0.6 is 0 Å². The number of nitrogens with one attached hydrogen (secondary N) is 1. The van der Waals surface area contributed by atoms with Crippen LogP contribution in [0.5, 0.6) is 0 Å². The van der Waals surface area contributed by atoms with Crippen LogP contribution in [-0.2, 0) is 16.0 Å². The minimum Gasteiger partial charge on any atom is -0.376 e. The highest BCUT2D eigenvalue weighted by atomic mass is 16.6. The van der Waals surface area contributed by atoms with Crippen molar-refractivity contribution in [1.82, 2.24) is 5.32 Å². The molecule has 0 spiro atoms. The Morgan fingerprint density at radius 1 is 1.15 bits per heavy atom. The van der Waals surface area contributed by atoms with Crippen LogP contribution in [0.4, 0.5) is 5.69 Å². The summed E-state index contributed by atoms with van der Waals surface area (Å²) in [6.45, 7) is 10.3. The van der Waals surface area contributed by atoms with Gasteiger partial charge in [0.05, 0.1) is 25.9 Å². The molecule has 20 heavy (non-hydrogen) atoms. The molecule has 4 nitrogen and oxygen atoms in total. The van der Waals surface area contributed by atoms with Crippen LogP contribution in [0.25, 0.3) is 0 Å². The molecule has 1 heterocycles. The van der Waals surface area contributed by atoms with Crippen LogP contribution in [0.1, 0.15) is 19.4 Å². The molecule has 1 unspecified atom stereocenters. The predicted molar refractivity (Wildman–Crippen MR) is 82.3 cm³/mol. The SMILES string of the molecule is CCN(CC)c1ccc(CNCC2COCCO2)cc1. The van der Waals surface area contributed by atoms with E-state index in [-0.39, 0.29) is 6.10 Å². The van der Waals surface area contributed by atoms with Gasteiger partial charge in [-0.3, -0.25) is 0 Å². The molecule has 0 aliphatic carbocycles. The Kier molecular flexibility index (Phi) is 6.30. The number of ether oxygens (including phenoxy) is 2. The lowest BCUT2D eigenvalue weighted by Crippen LogP contribution is -2.37. The lowest BCUT2D eigenvalue weighted by Gasteiger charge is -2.23. The first-order valence-electron chi connectivity index (χ1n) is 7.57. The zero-order valence-electron chi connectivity index (χ0n) is 12.6. The molecule has 0 saturated carbocycles. The molecule has 1 aromatic rings. The summed E-state index contributed by atoms with van der Waals surface area (Å²) in [5.74, 6) is 0. The number of nitrogens with zero attached hydrogens (tertiary/aromatic N) is 1. The van der Waals surface area contributed by atoms with Crippen molar-refractivity contribution in [2.24, 2.45) is 0 Å². The quantitative estimate of drug-likeness (QED) is 0.827. The molecule has 1 aliphatic rings. The zero-order valence-corrected chi connectivity index (χ0v) is 12.6. The molecular formula is C16H26N2O2. The summed E-state index contributed by atoms with van der Waals surface area (Å²) in [6.07, 6.45) is 0.193. The molecule has 0 aromatic heterocycles. The predicted octanol–water partition coefficient (Wildman–Crippen LogP) is 2.04. The van der Waals surface area contributed by atoms with Gasteiger partial charge in [-0.25, -0.2) is 0 Å². The van der Waals surface area contributed by atoms with Gasteiger partial charge >= 0.3 is 0 Å². The third kappa shape index (κ3) is 4.47. The van der Waals surface area contributed by atoms with E-state index < -0.39 is 0 Å². The first-order chi connectivity index (χ1) is 9.83. The van der Waals surface area contributed by atoms with Gasteiger partial charge in [0.25, 0.3) is 0 Å². The Morgan fingerprint density at radius 2 is 1.90 bits per heavy atom. The van der Waals surface area contributed by atoms with Gasteiger partial charge in [-0.2, -0.15) is 0 Å². The normalized spacial score (nSPS) is 19.0. The summed E-state index contributed by atoms with van der Waals surface area (Å²) in [6, 6.07) is 8.78. The molecule has 112 valence electrons. The Balaban J connectivity index is 1.75. The second-order valence-corrected chi connectivity index (χ2v) is 5.04. The van der Waals surface area contributed by atoms with Crippen molar-refractivity contribution in [2.75, 3.05) is 44.4 Å². The number of hydrogen-bond acceptors (Lipinski definition) is 4. The smallest absolute Gasteiger partial charge is 0.0933 e. The summed E-state index contributed by atoms with van der Waals surface area (Å²) < 4.78 is 11.0. The van der Waals surface area contributed by atoms with Crippen molar-refractivity contribution < 1.29 is 9.47 Å². The van der Waals surface area contributed by atoms with Crippen LogP contribution in [-0.4, -0.2) is 45.6 Å². The molecule has 0 bridgehead atoms. The second-order valence-electron chi connectivity index (χ2n) is 5.04. The highest BCUT2D eigenvalue weighted by Crippen LogP contribution is 2.14. The van der Waals surface area contributed by atoms with Gasteiger partial charge in [0.1, 0.15) is 0 Å².